The van der Waals surface area contributed by atoms with Gasteiger partial charge < -0.3 is 4.57 Å². The van der Waals surface area contributed by atoms with Crippen LogP contribution in [0.3, 0.4) is 0 Å². The predicted molar refractivity (Wildman–Crippen MR) is 161 cm³/mol. The molecule has 0 bridgehead atoms. The van der Waals surface area contributed by atoms with E-state index in [4.69, 9.17) is 5.10 Å². The van der Waals surface area contributed by atoms with Gasteiger partial charge in [0.05, 0.1) is 0 Å². The number of nitrogens with zero attached hydrogens (tertiary/aromatic N) is 3. The number of hydrogen-bond donors (Lipinski definition) is 0. The molecular weight excluding hydrogens is 497 g/mol. The second-order valence-electron chi connectivity index (χ2n) is 9.47. The first kappa shape index (κ1) is 23.3. The Morgan fingerprint density at radius 3 is 1.56 bits per heavy atom. The summed E-state index contributed by atoms with van der Waals surface area (Å²) in [4.78, 5) is 0. The molecule has 0 saturated carbocycles. The van der Waals surface area contributed by atoms with E-state index in [0.29, 0.717) is 11.4 Å². The minimum Gasteiger partial charge on any atom is -0.305 e. The Hall–Kier alpha value is -4.79. The van der Waals surface area contributed by atoms with E-state index in [0.717, 1.165) is 43.4 Å². The van der Waals surface area contributed by atoms with Gasteiger partial charge in [-0.1, -0.05) is 133 Å². The van der Waals surface area contributed by atoms with E-state index < -0.39 is 7.14 Å². The number of rotatable bonds is 5. The molecule has 1 aromatic heterocycles. The predicted octanol–water partition coefficient (Wildman–Crippen LogP) is 6.88. The first-order valence-electron chi connectivity index (χ1n) is 12.9. The van der Waals surface area contributed by atoms with Crippen LogP contribution in [0.2, 0.25) is 0 Å². The van der Waals surface area contributed by atoms with Crippen molar-refractivity contribution in [2.45, 2.75) is 0 Å². The molecule has 0 fully saturated rings. The number of fused-ring (bicyclic) bond motifs is 2. The van der Waals surface area contributed by atoms with Crippen LogP contribution in [0.4, 0.5) is 0 Å². The van der Waals surface area contributed by atoms with Crippen LogP contribution in [0.5, 0.6) is 0 Å². The van der Waals surface area contributed by atoms with Gasteiger partial charge >= 0.3 is 0 Å². The first-order chi connectivity index (χ1) is 19.2. The third kappa shape index (κ3) is 3.80. The molecule has 0 saturated heterocycles. The molecule has 39 heavy (non-hydrogen) atoms. The molecule has 0 spiro atoms. The second kappa shape index (κ2) is 9.50. The van der Waals surface area contributed by atoms with Crippen LogP contribution >= 0.6 is 7.14 Å². The number of aromatic nitrogens is 3. The summed E-state index contributed by atoms with van der Waals surface area (Å²) in [6.07, 6.45) is 0. The smallest absolute Gasteiger partial charge is 0.208 e. The van der Waals surface area contributed by atoms with Gasteiger partial charge in [-0.3, -0.25) is 4.57 Å². The van der Waals surface area contributed by atoms with Crippen molar-refractivity contribution in [1.29, 1.82) is 0 Å². The fraction of sp³-hybridized carbons (Fsp3) is 0. The van der Waals surface area contributed by atoms with Crippen molar-refractivity contribution in [1.82, 2.24) is 14.8 Å². The summed E-state index contributed by atoms with van der Waals surface area (Å²) in [6, 6.07) is 48.2. The zero-order chi connectivity index (χ0) is 26.2. The zero-order valence-corrected chi connectivity index (χ0v) is 21.9. The monoisotopic (exact) mass is 521 g/mol. The molecule has 0 aliphatic carbocycles. The maximum Gasteiger partial charge on any atom is 0.208 e. The van der Waals surface area contributed by atoms with E-state index in [1.165, 1.54) is 0 Å². The summed E-state index contributed by atoms with van der Waals surface area (Å²) in [5.74, 6) is 0.650. The lowest BCUT2D eigenvalue weighted by Crippen LogP contribution is -2.32. The lowest BCUT2D eigenvalue weighted by atomic mass is 10.1. The Kier molecular flexibility index (Phi) is 5.69. The van der Waals surface area contributed by atoms with E-state index in [1.807, 2.05) is 126 Å². The minimum absolute atomic E-state index is 0.431. The molecule has 7 aromatic rings. The van der Waals surface area contributed by atoms with Crippen molar-refractivity contribution >= 4 is 44.9 Å². The van der Waals surface area contributed by atoms with E-state index in [9.17, 15) is 0 Å². The largest absolute Gasteiger partial charge is 0.305 e. The molecule has 0 amide bonds. The van der Waals surface area contributed by atoms with E-state index >= 15 is 4.57 Å². The van der Waals surface area contributed by atoms with E-state index in [-0.39, 0.29) is 0 Å². The summed E-state index contributed by atoms with van der Waals surface area (Å²) in [7, 11) is -3.58. The van der Waals surface area contributed by atoms with Gasteiger partial charge in [-0.05, 0) is 33.7 Å². The summed E-state index contributed by atoms with van der Waals surface area (Å²) < 4.78 is 18.1. The third-order valence-corrected chi connectivity index (χ3v) is 10.2. The molecule has 0 unspecified atom stereocenters. The topological polar surface area (TPSA) is 47.8 Å². The van der Waals surface area contributed by atoms with Gasteiger partial charge in [0.2, 0.25) is 12.7 Å². The summed E-state index contributed by atoms with van der Waals surface area (Å²) in [5.41, 5.74) is 2.19. The van der Waals surface area contributed by atoms with Crippen molar-refractivity contribution in [2.75, 3.05) is 0 Å². The highest BCUT2D eigenvalue weighted by Crippen LogP contribution is 2.46. The average molecular weight is 522 g/mol. The minimum atomic E-state index is -3.58. The maximum atomic E-state index is 16.2. The van der Waals surface area contributed by atoms with Gasteiger partial charge in [0, 0.05) is 21.9 Å². The molecule has 0 aliphatic heterocycles. The molecule has 186 valence electrons. The molecule has 1 heterocycles. The van der Waals surface area contributed by atoms with Crippen molar-refractivity contribution in [3.63, 3.8) is 0 Å². The number of hydrogen-bond acceptors (Lipinski definition) is 3. The lowest BCUT2D eigenvalue weighted by molar-refractivity contribution is 0.591. The Labute approximate surface area is 226 Å². The highest BCUT2D eigenvalue weighted by Gasteiger charge is 2.39. The fourth-order valence-electron chi connectivity index (χ4n) is 5.38. The summed E-state index contributed by atoms with van der Waals surface area (Å²) in [6.45, 7) is 0. The SMILES string of the molecule is O=P(c1cccc2ccccc12)(c1cccc2ccccc12)c1nnc(-c2ccccc2)n1-c1ccccc1. The van der Waals surface area contributed by atoms with Crippen LogP contribution in [0.25, 0.3) is 38.6 Å². The zero-order valence-electron chi connectivity index (χ0n) is 21.1. The Morgan fingerprint density at radius 1 is 0.487 bits per heavy atom. The van der Waals surface area contributed by atoms with Crippen LogP contribution in [0, 0.1) is 0 Å². The summed E-state index contributed by atoms with van der Waals surface area (Å²) >= 11 is 0. The van der Waals surface area contributed by atoms with Gasteiger partial charge in [0.25, 0.3) is 0 Å². The quantitative estimate of drug-likeness (QED) is 0.232. The highest BCUT2D eigenvalue weighted by molar-refractivity contribution is 7.85. The molecule has 0 atom stereocenters. The van der Waals surface area contributed by atoms with Crippen molar-refractivity contribution in [2.24, 2.45) is 0 Å². The molecule has 0 N–H and O–H groups in total. The van der Waals surface area contributed by atoms with E-state index in [1.54, 1.807) is 0 Å². The number of para-hydroxylation sites is 1. The van der Waals surface area contributed by atoms with Gasteiger partial charge in [0.1, 0.15) is 0 Å². The first-order valence-corrected chi connectivity index (χ1v) is 14.6. The fourth-order valence-corrected chi connectivity index (χ4v) is 8.41. The molecular formula is C34H24N3OP. The molecule has 0 aliphatic rings. The van der Waals surface area contributed by atoms with Crippen LogP contribution in [-0.2, 0) is 4.57 Å². The highest BCUT2D eigenvalue weighted by atomic mass is 31.2. The Morgan fingerprint density at radius 2 is 0.974 bits per heavy atom. The molecule has 4 nitrogen and oxygen atoms in total. The standard InChI is InChI=1S/C34H24N3OP/c38-39(31-23-11-17-25-13-7-9-21-29(25)31,32-24-12-18-26-14-8-10-22-30(26)32)34-36-35-33(27-15-3-1-4-16-27)37(34)28-19-5-2-6-20-28/h1-24H. The lowest BCUT2D eigenvalue weighted by Gasteiger charge is -2.23. The van der Waals surface area contributed by atoms with E-state index in [2.05, 4.69) is 29.4 Å². The Balaban J connectivity index is 1.64. The third-order valence-electron chi connectivity index (χ3n) is 7.19. The normalized spacial score (nSPS) is 11.7. The van der Waals surface area contributed by atoms with Crippen LogP contribution in [-0.4, -0.2) is 14.8 Å². The van der Waals surface area contributed by atoms with Crippen molar-refractivity contribution in [3.05, 3.63) is 146 Å². The molecule has 7 rings (SSSR count). The van der Waals surface area contributed by atoms with Crippen molar-refractivity contribution in [3.8, 4) is 17.1 Å². The van der Waals surface area contributed by atoms with Crippen LogP contribution in [0.1, 0.15) is 0 Å². The molecule has 6 aromatic carbocycles. The Bertz CT molecular complexity index is 1900. The van der Waals surface area contributed by atoms with Crippen LogP contribution < -0.4 is 16.2 Å². The average Bonchev–Trinajstić information content (AvgIpc) is 3.47. The van der Waals surface area contributed by atoms with Crippen LogP contribution in [0.15, 0.2) is 146 Å². The van der Waals surface area contributed by atoms with Crippen molar-refractivity contribution < 1.29 is 4.57 Å². The van der Waals surface area contributed by atoms with Gasteiger partial charge in [-0.15, -0.1) is 10.2 Å². The maximum absolute atomic E-state index is 16.2. The molecule has 0 radical (unpaired) electrons. The molecule has 5 heteroatoms. The van der Waals surface area contributed by atoms with Gasteiger partial charge in [0.15, 0.2) is 5.82 Å². The summed E-state index contributed by atoms with van der Waals surface area (Å²) in [5, 5.41) is 14.9. The number of benzene rings is 6. The van der Waals surface area contributed by atoms with Gasteiger partial charge in [-0.2, -0.15) is 0 Å². The second-order valence-corrected chi connectivity index (χ2v) is 12.0. The van der Waals surface area contributed by atoms with Gasteiger partial charge in [-0.25, -0.2) is 0 Å².